The SMILES string of the molecule is CC(C)(C)OC(=O)N1CCc2ccccc2C1Cc1ccc(-c2ccccc2-c2ccccc2)cc1. The first-order valence-corrected chi connectivity index (χ1v) is 12.7. The second-order valence-electron chi connectivity index (χ2n) is 10.5. The van der Waals surface area contributed by atoms with E-state index < -0.39 is 5.60 Å². The maximum atomic E-state index is 13.1. The van der Waals surface area contributed by atoms with Gasteiger partial charge in [0.15, 0.2) is 0 Å². The smallest absolute Gasteiger partial charge is 0.410 e. The second-order valence-corrected chi connectivity index (χ2v) is 10.5. The van der Waals surface area contributed by atoms with E-state index in [1.54, 1.807) is 0 Å². The zero-order valence-corrected chi connectivity index (χ0v) is 21.3. The molecule has 0 radical (unpaired) electrons. The van der Waals surface area contributed by atoms with Crippen LogP contribution in [0.5, 0.6) is 0 Å². The molecule has 0 N–H and O–H groups in total. The molecule has 3 nitrogen and oxygen atoms in total. The number of fused-ring (bicyclic) bond motifs is 1. The molecule has 36 heavy (non-hydrogen) atoms. The Labute approximate surface area is 214 Å². The Morgan fingerprint density at radius 2 is 1.36 bits per heavy atom. The molecule has 0 bridgehead atoms. The number of carbonyl (C=O) groups excluding carboxylic acids is 1. The van der Waals surface area contributed by atoms with Gasteiger partial charge in [-0.05, 0) is 72.6 Å². The van der Waals surface area contributed by atoms with Gasteiger partial charge in [-0.2, -0.15) is 0 Å². The number of ether oxygens (including phenoxy) is 1. The fourth-order valence-electron chi connectivity index (χ4n) is 5.06. The highest BCUT2D eigenvalue weighted by atomic mass is 16.6. The van der Waals surface area contributed by atoms with Crippen LogP contribution in [0.1, 0.15) is 43.5 Å². The van der Waals surface area contributed by atoms with E-state index in [0.29, 0.717) is 6.54 Å². The average molecular weight is 476 g/mol. The minimum absolute atomic E-state index is 0.0488. The van der Waals surface area contributed by atoms with Crippen LogP contribution in [-0.4, -0.2) is 23.1 Å². The molecule has 4 aromatic rings. The lowest BCUT2D eigenvalue weighted by Gasteiger charge is -2.38. The number of amides is 1. The summed E-state index contributed by atoms with van der Waals surface area (Å²) in [7, 11) is 0. The van der Waals surface area contributed by atoms with Crippen molar-refractivity contribution < 1.29 is 9.53 Å². The van der Waals surface area contributed by atoms with Gasteiger partial charge in [0.2, 0.25) is 0 Å². The molecule has 0 saturated carbocycles. The Balaban J connectivity index is 1.43. The van der Waals surface area contributed by atoms with Crippen LogP contribution in [0.4, 0.5) is 4.79 Å². The maximum absolute atomic E-state index is 13.1. The van der Waals surface area contributed by atoms with E-state index in [2.05, 4.69) is 97.1 Å². The van der Waals surface area contributed by atoms with Crippen molar-refractivity contribution in [1.29, 1.82) is 0 Å². The molecule has 182 valence electrons. The standard InChI is InChI=1S/C33H33NO2/c1-33(2,3)36-32(35)34-22-21-26-13-7-8-16-30(26)31(34)23-24-17-19-27(20-18-24)29-15-10-9-14-28(29)25-11-5-4-6-12-25/h4-20,31H,21-23H2,1-3H3. The van der Waals surface area contributed by atoms with Crippen molar-refractivity contribution in [3.8, 4) is 22.3 Å². The fourth-order valence-corrected chi connectivity index (χ4v) is 5.06. The molecular formula is C33H33NO2. The molecule has 4 aromatic carbocycles. The number of benzene rings is 4. The molecule has 3 heteroatoms. The molecule has 0 aromatic heterocycles. The molecule has 0 spiro atoms. The van der Waals surface area contributed by atoms with Crippen molar-refractivity contribution in [2.24, 2.45) is 0 Å². The van der Waals surface area contributed by atoms with Crippen molar-refractivity contribution in [1.82, 2.24) is 4.90 Å². The second kappa shape index (κ2) is 10.0. The van der Waals surface area contributed by atoms with Crippen molar-refractivity contribution in [3.63, 3.8) is 0 Å². The third-order valence-corrected chi connectivity index (χ3v) is 6.75. The molecular weight excluding hydrogens is 442 g/mol. The third-order valence-electron chi connectivity index (χ3n) is 6.75. The molecule has 0 aliphatic carbocycles. The highest BCUT2D eigenvalue weighted by Crippen LogP contribution is 2.35. The van der Waals surface area contributed by atoms with Gasteiger partial charge in [-0.1, -0.05) is 103 Å². The first kappa shape index (κ1) is 23.9. The van der Waals surface area contributed by atoms with Gasteiger partial charge in [-0.25, -0.2) is 4.79 Å². The van der Waals surface area contributed by atoms with Gasteiger partial charge < -0.3 is 9.64 Å². The molecule has 1 atom stereocenters. The normalized spacial score (nSPS) is 15.3. The lowest BCUT2D eigenvalue weighted by molar-refractivity contribution is 0.0141. The topological polar surface area (TPSA) is 29.5 Å². The monoisotopic (exact) mass is 475 g/mol. The van der Waals surface area contributed by atoms with E-state index in [-0.39, 0.29) is 12.1 Å². The number of hydrogen-bond donors (Lipinski definition) is 0. The summed E-state index contributed by atoms with van der Waals surface area (Å²) < 4.78 is 5.78. The summed E-state index contributed by atoms with van der Waals surface area (Å²) in [6.07, 6.45) is 1.35. The molecule has 1 aliphatic heterocycles. The van der Waals surface area contributed by atoms with E-state index >= 15 is 0 Å². The Bertz CT molecular complexity index is 1340. The van der Waals surface area contributed by atoms with Crippen LogP contribution in [0.2, 0.25) is 0 Å². The third kappa shape index (κ3) is 5.21. The molecule has 0 saturated heterocycles. The van der Waals surface area contributed by atoms with E-state index in [9.17, 15) is 4.79 Å². The predicted octanol–water partition coefficient (Wildman–Crippen LogP) is 8.10. The van der Waals surface area contributed by atoms with Crippen LogP contribution >= 0.6 is 0 Å². The quantitative estimate of drug-likeness (QED) is 0.298. The minimum Gasteiger partial charge on any atom is -0.444 e. The van der Waals surface area contributed by atoms with Crippen LogP contribution in [0.25, 0.3) is 22.3 Å². The van der Waals surface area contributed by atoms with Crippen molar-refractivity contribution in [2.45, 2.75) is 45.3 Å². The summed E-state index contributed by atoms with van der Waals surface area (Å²) in [5, 5.41) is 0. The number of hydrogen-bond acceptors (Lipinski definition) is 2. The summed E-state index contributed by atoms with van der Waals surface area (Å²) in [6, 6.07) is 36.3. The van der Waals surface area contributed by atoms with E-state index in [4.69, 9.17) is 4.74 Å². The summed E-state index contributed by atoms with van der Waals surface area (Å²) in [5.41, 5.74) is 8.05. The summed E-state index contributed by atoms with van der Waals surface area (Å²) in [4.78, 5) is 15.0. The van der Waals surface area contributed by atoms with E-state index in [1.807, 2.05) is 31.7 Å². The Hall–Kier alpha value is -3.85. The van der Waals surface area contributed by atoms with Gasteiger partial charge in [0.05, 0.1) is 6.04 Å². The molecule has 1 aliphatic rings. The van der Waals surface area contributed by atoms with Gasteiger partial charge in [-0.3, -0.25) is 0 Å². The maximum Gasteiger partial charge on any atom is 0.410 e. The first-order chi connectivity index (χ1) is 17.4. The summed E-state index contributed by atoms with van der Waals surface area (Å²) in [5.74, 6) is 0. The zero-order valence-electron chi connectivity index (χ0n) is 21.3. The lowest BCUT2D eigenvalue weighted by Crippen LogP contribution is -2.43. The lowest BCUT2D eigenvalue weighted by atomic mass is 9.88. The first-order valence-electron chi connectivity index (χ1n) is 12.7. The van der Waals surface area contributed by atoms with Gasteiger partial charge in [0.25, 0.3) is 0 Å². The fraction of sp³-hybridized carbons (Fsp3) is 0.242. The summed E-state index contributed by atoms with van der Waals surface area (Å²) in [6.45, 7) is 6.43. The van der Waals surface area contributed by atoms with E-state index in [1.165, 1.54) is 38.9 Å². The summed E-state index contributed by atoms with van der Waals surface area (Å²) >= 11 is 0. The van der Waals surface area contributed by atoms with Crippen LogP contribution in [0.3, 0.4) is 0 Å². The van der Waals surface area contributed by atoms with Gasteiger partial charge in [0, 0.05) is 6.54 Å². The molecule has 1 heterocycles. The zero-order chi connectivity index (χ0) is 25.1. The van der Waals surface area contributed by atoms with Gasteiger partial charge >= 0.3 is 6.09 Å². The van der Waals surface area contributed by atoms with E-state index in [0.717, 1.165) is 12.8 Å². The molecule has 1 amide bonds. The number of nitrogens with zero attached hydrogens (tertiary/aromatic N) is 1. The molecule has 1 unspecified atom stereocenters. The van der Waals surface area contributed by atoms with Crippen LogP contribution in [0.15, 0.2) is 103 Å². The Morgan fingerprint density at radius 1 is 0.778 bits per heavy atom. The molecule has 0 fully saturated rings. The van der Waals surface area contributed by atoms with Crippen LogP contribution in [-0.2, 0) is 17.6 Å². The van der Waals surface area contributed by atoms with Crippen LogP contribution < -0.4 is 0 Å². The number of rotatable bonds is 4. The van der Waals surface area contributed by atoms with Crippen molar-refractivity contribution in [3.05, 3.63) is 120 Å². The Morgan fingerprint density at radius 3 is 2.03 bits per heavy atom. The number of carbonyl (C=O) groups is 1. The molecule has 5 rings (SSSR count). The van der Waals surface area contributed by atoms with Gasteiger partial charge in [0.1, 0.15) is 5.60 Å². The largest absolute Gasteiger partial charge is 0.444 e. The Kier molecular flexibility index (Phi) is 6.65. The average Bonchev–Trinajstić information content (AvgIpc) is 2.89. The van der Waals surface area contributed by atoms with Crippen molar-refractivity contribution >= 4 is 6.09 Å². The van der Waals surface area contributed by atoms with Crippen molar-refractivity contribution in [2.75, 3.05) is 6.54 Å². The highest BCUT2D eigenvalue weighted by Gasteiger charge is 2.33. The highest BCUT2D eigenvalue weighted by molar-refractivity contribution is 5.83. The predicted molar refractivity (Wildman–Crippen MR) is 147 cm³/mol. The van der Waals surface area contributed by atoms with Gasteiger partial charge in [-0.15, -0.1) is 0 Å². The van der Waals surface area contributed by atoms with Crippen LogP contribution in [0, 0.1) is 0 Å². The minimum atomic E-state index is -0.521.